The van der Waals surface area contributed by atoms with E-state index >= 15 is 0 Å². The molecule has 3 amide bonds. The summed E-state index contributed by atoms with van der Waals surface area (Å²) in [4.78, 5) is 50.6. The van der Waals surface area contributed by atoms with Crippen LogP contribution in [-0.2, 0) is 4.79 Å². The van der Waals surface area contributed by atoms with Crippen molar-refractivity contribution < 1.29 is 14.4 Å². The predicted octanol–water partition coefficient (Wildman–Crippen LogP) is 3.24. The Bertz CT molecular complexity index is 1070. The summed E-state index contributed by atoms with van der Waals surface area (Å²) in [6.07, 6.45) is 2.96. The molecule has 0 unspecified atom stereocenters. The second-order valence-electron chi connectivity index (χ2n) is 7.83. The summed E-state index contributed by atoms with van der Waals surface area (Å²) < 4.78 is 0. The molecule has 1 aliphatic heterocycles. The van der Waals surface area contributed by atoms with Crippen LogP contribution in [0.5, 0.6) is 0 Å². The van der Waals surface area contributed by atoms with E-state index in [9.17, 15) is 14.4 Å². The van der Waals surface area contributed by atoms with Crippen LogP contribution in [0.1, 0.15) is 65.8 Å². The lowest BCUT2D eigenvalue weighted by molar-refractivity contribution is -0.122. The molecule has 0 fully saturated rings. The summed E-state index contributed by atoms with van der Waals surface area (Å²) in [5.74, 6) is 0.0247. The molecule has 0 radical (unpaired) electrons. The van der Waals surface area contributed by atoms with Gasteiger partial charge in [0.25, 0.3) is 11.8 Å². The van der Waals surface area contributed by atoms with E-state index in [-0.39, 0.29) is 42.4 Å². The van der Waals surface area contributed by atoms with Crippen molar-refractivity contribution in [3.8, 4) is 0 Å². The maximum atomic E-state index is 12.7. The Morgan fingerprint density at radius 1 is 1.16 bits per heavy atom. The second kappa shape index (κ2) is 8.67. The third-order valence-corrected chi connectivity index (χ3v) is 5.75. The van der Waals surface area contributed by atoms with Crippen molar-refractivity contribution >= 4 is 28.8 Å². The topological polar surface area (TPSA) is 108 Å². The molecule has 1 aromatic carbocycles. The Balaban J connectivity index is 1.38. The third kappa shape index (κ3) is 4.05. The summed E-state index contributed by atoms with van der Waals surface area (Å²) in [5, 5.41) is 3.08. The molecule has 2 atom stereocenters. The first-order valence-corrected chi connectivity index (χ1v) is 10.5. The van der Waals surface area contributed by atoms with Gasteiger partial charge < -0.3 is 10.3 Å². The van der Waals surface area contributed by atoms with Gasteiger partial charge in [0, 0.05) is 19.2 Å². The van der Waals surface area contributed by atoms with Crippen molar-refractivity contribution in [1.29, 1.82) is 0 Å². The fraction of sp³-hybridized carbons (Fsp3) is 0.348. The number of nitrogens with zero attached hydrogens (tertiary/aromatic N) is 3. The van der Waals surface area contributed by atoms with Crippen LogP contribution >= 0.6 is 0 Å². The standard InChI is InChI=1S/C23H25N5O3/c1-3-14(2)19(21-25-16-9-4-5-10-17(16)26-21)27-18(29)11-7-13-28-22(30)15-8-6-12-24-20(15)23(28)31/h4-6,8-10,12,14,19H,3,7,11,13H2,1-2H3,(H,25,26)(H,27,29)/t14-,19-/m0/s1. The van der Waals surface area contributed by atoms with E-state index in [2.05, 4.69) is 34.1 Å². The number of benzene rings is 1. The van der Waals surface area contributed by atoms with Crippen molar-refractivity contribution in [2.75, 3.05) is 6.54 Å². The molecule has 31 heavy (non-hydrogen) atoms. The van der Waals surface area contributed by atoms with Gasteiger partial charge in [-0.1, -0.05) is 32.4 Å². The zero-order valence-electron chi connectivity index (χ0n) is 17.6. The van der Waals surface area contributed by atoms with Crippen LogP contribution in [-0.4, -0.2) is 44.1 Å². The second-order valence-corrected chi connectivity index (χ2v) is 7.83. The Hall–Kier alpha value is -3.55. The molecule has 0 saturated carbocycles. The third-order valence-electron chi connectivity index (χ3n) is 5.75. The van der Waals surface area contributed by atoms with E-state index in [0.717, 1.165) is 28.2 Å². The average Bonchev–Trinajstić information content (AvgIpc) is 3.32. The molecule has 0 bridgehead atoms. The smallest absolute Gasteiger partial charge is 0.280 e. The highest BCUT2D eigenvalue weighted by Crippen LogP contribution is 2.25. The first-order chi connectivity index (χ1) is 15.0. The predicted molar refractivity (Wildman–Crippen MR) is 115 cm³/mol. The molecule has 0 spiro atoms. The minimum absolute atomic E-state index is 0.138. The lowest BCUT2D eigenvalue weighted by Crippen LogP contribution is -2.35. The van der Waals surface area contributed by atoms with Crippen molar-refractivity contribution in [3.63, 3.8) is 0 Å². The zero-order chi connectivity index (χ0) is 22.0. The van der Waals surface area contributed by atoms with Gasteiger partial charge in [-0.15, -0.1) is 0 Å². The fourth-order valence-corrected chi connectivity index (χ4v) is 3.80. The highest BCUT2D eigenvalue weighted by molar-refractivity contribution is 6.20. The van der Waals surface area contributed by atoms with E-state index in [0.29, 0.717) is 12.0 Å². The number of hydrogen-bond donors (Lipinski definition) is 2. The number of H-pyrrole nitrogens is 1. The number of carbonyl (C=O) groups is 3. The Kier molecular flexibility index (Phi) is 5.79. The molecule has 3 heterocycles. The first-order valence-electron chi connectivity index (χ1n) is 10.5. The van der Waals surface area contributed by atoms with E-state index in [1.807, 2.05) is 24.3 Å². The fourth-order valence-electron chi connectivity index (χ4n) is 3.80. The summed E-state index contributed by atoms with van der Waals surface area (Å²) in [6, 6.07) is 10.7. The number of hydrogen-bond acceptors (Lipinski definition) is 5. The molecule has 2 N–H and O–H groups in total. The number of imide groups is 1. The number of para-hydroxylation sites is 2. The molecule has 8 nitrogen and oxygen atoms in total. The van der Waals surface area contributed by atoms with Crippen LogP contribution in [0.15, 0.2) is 42.6 Å². The van der Waals surface area contributed by atoms with Gasteiger partial charge >= 0.3 is 0 Å². The van der Waals surface area contributed by atoms with Crippen molar-refractivity contribution in [1.82, 2.24) is 25.2 Å². The van der Waals surface area contributed by atoms with Gasteiger partial charge in [0.1, 0.15) is 11.5 Å². The number of aromatic amines is 1. The summed E-state index contributed by atoms with van der Waals surface area (Å²) >= 11 is 0. The van der Waals surface area contributed by atoms with Crippen LogP contribution < -0.4 is 5.32 Å². The van der Waals surface area contributed by atoms with Crippen molar-refractivity contribution in [2.24, 2.45) is 5.92 Å². The maximum Gasteiger partial charge on any atom is 0.280 e. The van der Waals surface area contributed by atoms with E-state index in [4.69, 9.17) is 0 Å². The minimum atomic E-state index is -0.402. The van der Waals surface area contributed by atoms with Crippen LogP contribution in [0.25, 0.3) is 11.0 Å². The molecular formula is C23H25N5O3. The number of aromatic nitrogens is 3. The normalized spacial score (nSPS) is 15.2. The first kappa shape index (κ1) is 20.7. The van der Waals surface area contributed by atoms with Crippen LogP contribution in [0.2, 0.25) is 0 Å². The molecule has 8 heteroatoms. The van der Waals surface area contributed by atoms with Gasteiger partial charge in [0.2, 0.25) is 5.91 Å². The average molecular weight is 419 g/mol. The SMILES string of the molecule is CC[C@H](C)[C@H](NC(=O)CCCN1C(=O)c2cccnc2C1=O)c1nc2ccccc2[nH]1. The Morgan fingerprint density at radius 3 is 2.71 bits per heavy atom. The van der Waals surface area contributed by atoms with Crippen LogP contribution in [0.3, 0.4) is 0 Å². The summed E-state index contributed by atoms with van der Waals surface area (Å²) in [5.41, 5.74) is 2.29. The van der Waals surface area contributed by atoms with Crippen LogP contribution in [0, 0.1) is 5.92 Å². The number of pyridine rings is 1. The highest BCUT2D eigenvalue weighted by atomic mass is 16.2. The summed E-state index contributed by atoms with van der Waals surface area (Å²) in [6.45, 7) is 4.33. The molecule has 4 rings (SSSR count). The van der Waals surface area contributed by atoms with Crippen LogP contribution in [0.4, 0.5) is 0 Å². The van der Waals surface area contributed by atoms with Gasteiger partial charge in [0.05, 0.1) is 22.6 Å². The molecule has 3 aromatic rings. The molecule has 2 aromatic heterocycles. The lowest BCUT2D eigenvalue weighted by atomic mass is 9.98. The van der Waals surface area contributed by atoms with E-state index < -0.39 is 5.91 Å². The largest absolute Gasteiger partial charge is 0.346 e. The maximum absolute atomic E-state index is 12.7. The monoisotopic (exact) mass is 419 g/mol. The Morgan fingerprint density at radius 2 is 1.97 bits per heavy atom. The zero-order valence-corrected chi connectivity index (χ0v) is 17.6. The highest BCUT2D eigenvalue weighted by Gasteiger charge is 2.36. The van der Waals surface area contributed by atoms with Gasteiger partial charge in [-0.2, -0.15) is 0 Å². The van der Waals surface area contributed by atoms with Gasteiger partial charge in [0.15, 0.2) is 0 Å². The molecular weight excluding hydrogens is 394 g/mol. The minimum Gasteiger partial charge on any atom is -0.346 e. The van der Waals surface area contributed by atoms with Gasteiger partial charge in [-0.3, -0.25) is 24.3 Å². The van der Waals surface area contributed by atoms with E-state index in [1.54, 1.807) is 12.1 Å². The van der Waals surface area contributed by atoms with Gasteiger partial charge in [-0.25, -0.2) is 4.98 Å². The number of amides is 3. The molecule has 1 aliphatic rings. The van der Waals surface area contributed by atoms with Crippen molar-refractivity contribution in [2.45, 2.75) is 39.2 Å². The molecule has 0 aliphatic carbocycles. The Labute approximate surface area is 180 Å². The summed E-state index contributed by atoms with van der Waals surface area (Å²) in [7, 11) is 0. The van der Waals surface area contributed by atoms with Crippen molar-refractivity contribution in [3.05, 3.63) is 59.7 Å². The number of fused-ring (bicyclic) bond motifs is 2. The van der Waals surface area contributed by atoms with E-state index in [1.165, 1.54) is 6.20 Å². The lowest BCUT2D eigenvalue weighted by Gasteiger charge is -2.22. The molecule has 160 valence electrons. The number of nitrogens with one attached hydrogen (secondary N) is 2. The number of carbonyl (C=O) groups excluding carboxylic acids is 3. The number of imidazole rings is 1. The quantitative estimate of drug-likeness (QED) is 0.545. The molecule has 0 saturated heterocycles. The number of rotatable bonds is 8. The van der Waals surface area contributed by atoms with Gasteiger partial charge in [-0.05, 0) is 36.6 Å².